The fraction of sp³-hybridized carbons (Fsp3) is 0.0952. The number of hydrogen-bond acceptors (Lipinski definition) is 5. The van der Waals surface area contributed by atoms with E-state index in [0.29, 0.717) is 17.0 Å². The molecular weight excluding hydrogens is 414 g/mol. The third kappa shape index (κ3) is 3.54. The van der Waals surface area contributed by atoms with Crippen molar-refractivity contribution in [3.05, 3.63) is 65.2 Å². The van der Waals surface area contributed by atoms with E-state index in [9.17, 15) is 13.2 Å². The van der Waals surface area contributed by atoms with Gasteiger partial charge in [-0.05, 0) is 30.3 Å². The topological polar surface area (TPSA) is 85.6 Å². The van der Waals surface area contributed by atoms with E-state index in [2.05, 4.69) is 5.32 Å². The maximum atomic E-state index is 12.7. The minimum atomic E-state index is -3.57. The van der Waals surface area contributed by atoms with Crippen molar-refractivity contribution in [2.45, 2.75) is 4.90 Å². The Hall–Kier alpha value is -3.03. The van der Waals surface area contributed by atoms with Crippen LogP contribution in [0.5, 0.6) is 5.75 Å². The molecule has 4 rings (SSSR count). The van der Waals surface area contributed by atoms with Crippen LogP contribution in [0.3, 0.4) is 0 Å². The monoisotopic (exact) mass is 429 g/mol. The fourth-order valence-corrected chi connectivity index (χ4v) is 4.44. The molecule has 1 amide bonds. The van der Waals surface area contributed by atoms with E-state index in [1.807, 2.05) is 24.3 Å². The molecule has 0 aliphatic rings. The average Bonchev–Trinajstić information content (AvgIpc) is 3.04. The summed E-state index contributed by atoms with van der Waals surface area (Å²) in [5.74, 6) is -0.0463. The first-order valence-electron chi connectivity index (χ1n) is 8.58. The molecule has 29 heavy (non-hydrogen) atoms. The van der Waals surface area contributed by atoms with Gasteiger partial charge in [0.1, 0.15) is 16.9 Å². The van der Waals surface area contributed by atoms with E-state index >= 15 is 0 Å². The Labute approximate surface area is 171 Å². The highest BCUT2D eigenvalue weighted by molar-refractivity contribution is 7.90. The largest absolute Gasteiger partial charge is 0.495 e. The number of carbonyl (C=O) groups is 1. The number of fused-ring (bicyclic) bond motifs is 3. The predicted molar refractivity (Wildman–Crippen MR) is 113 cm³/mol. The minimum Gasteiger partial charge on any atom is -0.495 e. The number of carbonyl (C=O) groups excluding carboxylic acids is 1. The third-order valence-corrected chi connectivity index (χ3v) is 6.12. The normalized spacial score (nSPS) is 11.7. The molecule has 0 fully saturated rings. The molecule has 6 nitrogen and oxygen atoms in total. The van der Waals surface area contributed by atoms with Gasteiger partial charge in [0.25, 0.3) is 5.91 Å². The van der Waals surface area contributed by atoms with Gasteiger partial charge in [0.15, 0.2) is 9.84 Å². The molecule has 0 aliphatic heterocycles. The summed E-state index contributed by atoms with van der Waals surface area (Å²) in [7, 11) is -2.07. The Morgan fingerprint density at radius 3 is 2.52 bits per heavy atom. The summed E-state index contributed by atoms with van der Waals surface area (Å²) in [6, 6.07) is 15.2. The molecular formula is C21H16ClNO5S. The number of nitrogens with one attached hydrogen (secondary N) is 1. The maximum absolute atomic E-state index is 12.7. The lowest BCUT2D eigenvalue weighted by atomic mass is 10.1. The van der Waals surface area contributed by atoms with Gasteiger partial charge in [0.05, 0.1) is 22.7 Å². The van der Waals surface area contributed by atoms with Crippen LogP contribution < -0.4 is 10.1 Å². The molecule has 0 radical (unpaired) electrons. The van der Waals surface area contributed by atoms with Crippen molar-refractivity contribution in [2.24, 2.45) is 0 Å². The van der Waals surface area contributed by atoms with Crippen molar-refractivity contribution >= 4 is 55.0 Å². The Balaban J connectivity index is 1.75. The molecule has 1 aromatic heterocycles. The van der Waals surface area contributed by atoms with Crippen molar-refractivity contribution in [2.75, 3.05) is 18.7 Å². The molecule has 1 heterocycles. The number of halogens is 1. The van der Waals surface area contributed by atoms with Crippen LogP contribution in [0.2, 0.25) is 5.02 Å². The number of sulfone groups is 1. The number of anilines is 1. The van der Waals surface area contributed by atoms with E-state index in [-0.39, 0.29) is 15.5 Å². The molecule has 0 saturated heterocycles. The molecule has 0 bridgehead atoms. The number of hydrogen-bond donors (Lipinski definition) is 1. The van der Waals surface area contributed by atoms with Crippen LogP contribution in [0.1, 0.15) is 10.4 Å². The highest BCUT2D eigenvalue weighted by Crippen LogP contribution is 2.36. The highest BCUT2D eigenvalue weighted by atomic mass is 35.5. The number of benzene rings is 3. The summed E-state index contributed by atoms with van der Waals surface area (Å²) in [5.41, 5.74) is 1.88. The number of para-hydroxylation sites is 1. The summed E-state index contributed by atoms with van der Waals surface area (Å²) in [6.45, 7) is 0. The van der Waals surface area contributed by atoms with Gasteiger partial charge in [-0.3, -0.25) is 4.79 Å². The van der Waals surface area contributed by atoms with Gasteiger partial charge in [0, 0.05) is 28.7 Å². The van der Waals surface area contributed by atoms with Crippen LogP contribution in [0.15, 0.2) is 63.9 Å². The molecule has 0 saturated carbocycles. The van der Waals surface area contributed by atoms with Crippen molar-refractivity contribution in [3.63, 3.8) is 0 Å². The summed E-state index contributed by atoms with van der Waals surface area (Å²) < 4.78 is 35.0. The number of amides is 1. The second-order valence-corrected chi connectivity index (χ2v) is 8.91. The van der Waals surface area contributed by atoms with Gasteiger partial charge in [-0.15, -0.1) is 0 Å². The zero-order chi connectivity index (χ0) is 20.8. The molecule has 0 aliphatic carbocycles. The van der Waals surface area contributed by atoms with Gasteiger partial charge >= 0.3 is 0 Å². The van der Waals surface area contributed by atoms with Crippen LogP contribution >= 0.6 is 11.6 Å². The second-order valence-electron chi connectivity index (χ2n) is 6.52. The Morgan fingerprint density at radius 2 is 1.79 bits per heavy atom. The molecule has 4 aromatic rings. The number of ether oxygens (including phenoxy) is 1. The lowest BCUT2D eigenvalue weighted by molar-refractivity contribution is 0.102. The van der Waals surface area contributed by atoms with Gasteiger partial charge in [-0.2, -0.15) is 0 Å². The lowest BCUT2D eigenvalue weighted by Crippen LogP contribution is -2.13. The number of furan rings is 1. The third-order valence-electron chi connectivity index (χ3n) is 4.54. The van der Waals surface area contributed by atoms with Gasteiger partial charge in [-0.25, -0.2) is 8.42 Å². The Bertz CT molecular complexity index is 1370. The van der Waals surface area contributed by atoms with E-state index in [1.54, 1.807) is 12.1 Å². The molecule has 1 N–H and O–H groups in total. The standard InChI is InChI=1S/C21H16ClNO5S/c1-27-19-10-14-13-5-3-4-6-17(13)28-18(14)11-16(19)23-21(24)12-7-8-15(22)20(9-12)29(2,25)26/h3-11H,1-2H3,(H,23,24). The minimum absolute atomic E-state index is 0.0605. The summed E-state index contributed by atoms with van der Waals surface area (Å²) in [6.07, 6.45) is 1.04. The number of methoxy groups -OCH3 is 1. The highest BCUT2D eigenvalue weighted by Gasteiger charge is 2.18. The first-order valence-corrected chi connectivity index (χ1v) is 10.8. The van der Waals surface area contributed by atoms with Gasteiger partial charge in [0.2, 0.25) is 0 Å². The van der Waals surface area contributed by atoms with Crippen LogP contribution in [0, 0.1) is 0 Å². The van der Waals surface area contributed by atoms with Gasteiger partial charge in [-0.1, -0.05) is 29.8 Å². The maximum Gasteiger partial charge on any atom is 0.255 e. The Morgan fingerprint density at radius 1 is 1.03 bits per heavy atom. The predicted octanol–water partition coefficient (Wildman–Crippen LogP) is 4.90. The van der Waals surface area contributed by atoms with Crippen molar-refractivity contribution in [1.82, 2.24) is 0 Å². The first-order chi connectivity index (χ1) is 13.8. The molecule has 8 heteroatoms. The van der Waals surface area contributed by atoms with Crippen LogP contribution in [-0.4, -0.2) is 27.7 Å². The van der Waals surface area contributed by atoms with E-state index < -0.39 is 15.7 Å². The van der Waals surface area contributed by atoms with Crippen LogP contribution in [0.25, 0.3) is 21.9 Å². The smallest absolute Gasteiger partial charge is 0.255 e. The van der Waals surface area contributed by atoms with Crippen molar-refractivity contribution in [3.8, 4) is 5.75 Å². The molecule has 0 atom stereocenters. The van der Waals surface area contributed by atoms with Crippen LogP contribution in [0.4, 0.5) is 5.69 Å². The summed E-state index contributed by atoms with van der Waals surface area (Å²) in [4.78, 5) is 12.6. The lowest BCUT2D eigenvalue weighted by Gasteiger charge is -2.11. The van der Waals surface area contributed by atoms with Crippen LogP contribution in [-0.2, 0) is 9.84 Å². The fourth-order valence-electron chi connectivity index (χ4n) is 3.14. The molecule has 3 aromatic carbocycles. The quantitative estimate of drug-likeness (QED) is 0.498. The van der Waals surface area contributed by atoms with Gasteiger partial charge < -0.3 is 14.5 Å². The zero-order valence-electron chi connectivity index (χ0n) is 15.5. The van der Waals surface area contributed by atoms with E-state index in [0.717, 1.165) is 22.6 Å². The zero-order valence-corrected chi connectivity index (χ0v) is 17.1. The molecule has 0 unspecified atom stereocenters. The molecule has 148 valence electrons. The van der Waals surface area contributed by atoms with E-state index in [4.69, 9.17) is 20.8 Å². The second kappa shape index (κ2) is 7.09. The SMILES string of the molecule is COc1cc2c(cc1NC(=O)c1ccc(Cl)c(S(C)(=O)=O)c1)oc1ccccc12. The summed E-state index contributed by atoms with van der Waals surface area (Å²) >= 11 is 5.95. The van der Waals surface area contributed by atoms with Crippen molar-refractivity contribution in [1.29, 1.82) is 0 Å². The Kier molecular flexibility index (Phi) is 4.72. The van der Waals surface area contributed by atoms with E-state index in [1.165, 1.54) is 25.3 Å². The average molecular weight is 430 g/mol. The van der Waals surface area contributed by atoms with Crippen molar-refractivity contribution < 1.29 is 22.4 Å². The summed E-state index contributed by atoms with van der Waals surface area (Å²) in [5, 5.41) is 4.61. The molecule has 0 spiro atoms. The first kappa shape index (κ1) is 19.3. The number of rotatable bonds is 4.